The normalized spacial score (nSPS) is 20.4. The molecule has 1 fully saturated rings. The zero-order chi connectivity index (χ0) is 20.2. The Bertz CT molecular complexity index is 781. The predicted octanol–water partition coefficient (Wildman–Crippen LogP) is 0.580. The summed E-state index contributed by atoms with van der Waals surface area (Å²) in [6.07, 6.45) is 4.64. The van der Waals surface area contributed by atoms with Crippen LogP contribution in [0, 0.1) is 5.92 Å². The highest BCUT2D eigenvalue weighted by Crippen LogP contribution is 2.38. The van der Waals surface area contributed by atoms with Crippen LogP contribution >= 0.6 is 0 Å². The van der Waals surface area contributed by atoms with Crippen LogP contribution in [0.3, 0.4) is 0 Å². The minimum absolute atomic E-state index is 0.0746. The molecule has 27 heavy (non-hydrogen) atoms. The fraction of sp³-hybridized carbons (Fsp3) is 0.647. The second-order valence-corrected chi connectivity index (χ2v) is 8.45. The molecule has 0 aromatic carbocycles. The first-order valence-corrected chi connectivity index (χ1v) is 10.5. The van der Waals surface area contributed by atoms with Crippen LogP contribution in [0.2, 0.25) is 0 Å². The number of amides is 1. The highest BCUT2D eigenvalue weighted by Gasteiger charge is 2.32. The van der Waals surface area contributed by atoms with Gasteiger partial charge < -0.3 is 15.3 Å². The predicted molar refractivity (Wildman–Crippen MR) is 101 cm³/mol. The van der Waals surface area contributed by atoms with Crippen molar-refractivity contribution in [2.75, 3.05) is 27.2 Å². The summed E-state index contributed by atoms with van der Waals surface area (Å²) >= 11 is 0. The van der Waals surface area contributed by atoms with Crippen molar-refractivity contribution in [2.45, 2.75) is 38.0 Å². The Balaban J connectivity index is 2.05. The van der Waals surface area contributed by atoms with Crippen molar-refractivity contribution in [2.24, 2.45) is 11.1 Å². The van der Waals surface area contributed by atoms with Crippen LogP contribution in [0.5, 0.6) is 0 Å². The average Bonchev–Trinajstić information content (AvgIpc) is 3.07. The van der Waals surface area contributed by atoms with E-state index in [1.807, 2.05) is 7.05 Å². The number of carbonyl (C=O) groups is 2. The molecule has 0 atom stereocenters. The number of aromatic nitrogens is 1. The van der Waals surface area contributed by atoms with Gasteiger partial charge in [-0.05, 0) is 63.2 Å². The van der Waals surface area contributed by atoms with Gasteiger partial charge in [0.05, 0.1) is 0 Å². The first kappa shape index (κ1) is 21.4. The number of carboxylic acid groups (broad SMARTS) is 1. The van der Waals surface area contributed by atoms with Gasteiger partial charge in [0.25, 0.3) is 0 Å². The number of nitrogens with two attached hydrogens (primary N) is 1. The summed E-state index contributed by atoms with van der Waals surface area (Å²) in [7, 11) is -0.496. The van der Waals surface area contributed by atoms with Crippen molar-refractivity contribution in [1.29, 1.82) is 0 Å². The standard InChI is InChI=1S/C17H28N4O5S/c1-19-9-3-10-20(2)16(22)13-6-4-12(5-7-13)14-8-11-21(27(18,25)26)15(14)17(23)24/h8,11-13,19H,3-7,9-10H2,1-2H3,(H,23,24)(H2,18,25,26). The Morgan fingerprint density at radius 3 is 2.48 bits per heavy atom. The first-order valence-electron chi connectivity index (χ1n) is 9.04. The molecular weight excluding hydrogens is 372 g/mol. The van der Waals surface area contributed by atoms with Gasteiger partial charge in [0, 0.05) is 25.7 Å². The van der Waals surface area contributed by atoms with E-state index in [0.717, 1.165) is 13.0 Å². The lowest BCUT2D eigenvalue weighted by molar-refractivity contribution is -0.135. The summed E-state index contributed by atoms with van der Waals surface area (Å²) < 4.78 is 23.8. The van der Waals surface area contributed by atoms with Crippen LogP contribution in [-0.4, -0.2) is 61.5 Å². The molecule has 0 bridgehead atoms. The summed E-state index contributed by atoms with van der Waals surface area (Å²) in [4.78, 5) is 25.9. The summed E-state index contributed by atoms with van der Waals surface area (Å²) in [6, 6.07) is 1.50. The van der Waals surface area contributed by atoms with Gasteiger partial charge in [0.15, 0.2) is 0 Å². The molecule has 0 radical (unpaired) electrons. The van der Waals surface area contributed by atoms with Gasteiger partial charge in [0.2, 0.25) is 5.91 Å². The van der Waals surface area contributed by atoms with Crippen LogP contribution in [0.4, 0.5) is 0 Å². The molecule has 1 amide bonds. The summed E-state index contributed by atoms with van der Waals surface area (Å²) in [5.41, 5.74) is 0.154. The van der Waals surface area contributed by atoms with Gasteiger partial charge in [-0.2, -0.15) is 8.42 Å². The van der Waals surface area contributed by atoms with Crippen molar-refractivity contribution < 1.29 is 23.1 Å². The molecule has 4 N–H and O–H groups in total. The quantitative estimate of drug-likeness (QED) is 0.546. The molecule has 1 heterocycles. The Labute approximate surface area is 159 Å². The van der Waals surface area contributed by atoms with Crippen molar-refractivity contribution >= 4 is 22.1 Å². The molecule has 9 nitrogen and oxygen atoms in total. The lowest BCUT2D eigenvalue weighted by atomic mass is 9.78. The maximum Gasteiger partial charge on any atom is 0.353 e. The number of hydrogen-bond donors (Lipinski definition) is 3. The number of nitrogens with zero attached hydrogens (tertiary/aromatic N) is 2. The fourth-order valence-electron chi connectivity index (χ4n) is 3.75. The van der Waals surface area contributed by atoms with E-state index >= 15 is 0 Å². The Morgan fingerprint density at radius 1 is 1.33 bits per heavy atom. The molecule has 0 aliphatic heterocycles. The van der Waals surface area contributed by atoms with E-state index in [0.29, 0.717) is 41.8 Å². The highest BCUT2D eigenvalue weighted by atomic mass is 32.2. The van der Waals surface area contributed by atoms with Gasteiger partial charge >= 0.3 is 16.2 Å². The number of carboxylic acids is 1. The van der Waals surface area contributed by atoms with Crippen molar-refractivity contribution in [3.8, 4) is 0 Å². The number of carbonyl (C=O) groups excluding carboxylic acids is 1. The molecule has 10 heteroatoms. The maximum absolute atomic E-state index is 12.6. The number of hydrogen-bond acceptors (Lipinski definition) is 5. The SMILES string of the molecule is CNCCCN(C)C(=O)C1CCC(c2ccn(S(N)(=O)=O)c2C(=O)O)CC1. The second kappa shape index (κ2) is 8.85. The van der Waals surface area contributed by atoms with E-state index in [2.05, 4.69) is 5.32 Å². The van der Waals surface area contributed by atoms with Gasteiger partial charge in [-0.15, -0.1) is 0 Å². The molecule has 0 spiro atoms. The molecule has 152 valence electrons. The molecule has 0 saturated heterocycles. The molecule has 1 aliphatic carbocycles. The van der Waals surface area contributed by atoms with E-state index in [1.165, 1.54) is 12.3 Å². The topological polar surface area (TPSA) is 135 Å². The second-order valence-electron chi connectivity index (χ2n) is 7.03. The lowest BCUT2D eigenvalue weighted by Crippen LogP contribution is -2.36. The Hall–Kier alpha value is -1.91. The zero-order valence-corrected chi connectivity index (χ0v) is 16.5. The Kier molecular flexibility index (Phi) is 7.01. The number of aromatic carboxylic acids is 1. The van der Waals surface area contributed by atoms with Gasteiger partial charge in [0.1, 0.15) is 5.69 Å². The molecule has 1 aliphatic rings. The molecule has 0 unspecified atom stereocenters. The maximum atomic E-state index is 12.6. The van der Waals surface area contributed by atoms with Crippen LogP contribution < -0.4 is 10.5 Å². The molecule has 1 aromatic heterocycles. The zero-order valence-electron chi connectivity index (χ0n) is 15.7. The molecule has 2 rings (SSSR count). The summed E-state index contributed by atoms with van der Waals surface area (Å²) in [5.74, 6) is -1.39. The molecule has 1 saturated carbocycles. The van der Waals surface area contributed by atoms with E-state index in [-0.39, 0.29) is 23.4 Å². The van der Waals surface area contributed by atoms with Gasteiger partial charge in [-0.3, -0.25) is 4.79 Å². The molecular formula is C17H28N4O5S. The Morgan fingerprint density at radius 2 is 1.96 bits per heavy atom. The fourth-order valence-corrected chi connectivity index (χ4v) is 4.42. The van der Waals surface area contributed by atoms with Crippen molar-refractivity contribution in [1.82, 2.24) is 14.2 Å². The average molecular weight is 401 g/mol. The monoisotopic (exact) mass is 400 g/mol. The first-order chi connectivity index (χ1) is 12.7. The van der Waals surface area contributed by atoms with Crippen LogP contribution in [-0.2, 0) is 15.0 Å². The van der Waals surface area contributed by atoms with Crippen LogP contribution in [0.1, 0.15) is 54.1 Å². The summed E-state index contributed by atoms with van der Waals surface area (Å²) in [6.45, 7) is 1.54. The van der Waals surface area contributed by atoms with Crippen molar-refractivity contribution in [3.63, 3.8) is 0 Å². The van der Waals surface area contributed by atoms with E-state index < -0.39 is 16.2 Å². The summed E-state index contributed by atoms with van der Waals surface area (Å²) in [5, 5.41) is 17.6. The lowest BCUT2D eigenvalue weighted by Gasteiger charge is -2.30. The number of nitrogens with one attached hydrogen (secondary N) is 1. The van der Waals surface area contributed by atoms with Gasteiger partial charge in [-0.25, -0.2) is 13.9 Å². The molecule has 1 aromatic rings. The number of rotatable bonds is 8. The smallest absolute Gasteiger partial charge is 0.353 e. The van der Waals surface area contributed by atoms with Crippen LogP contribution in [0.25, 0.3) is 0 Å². The van der Waals surface area contributed by atoms with Crippen LogP contribution in [0.15, 0.2) is 12.3 Å². The van der Waals surface area contributed by atoms with E-state index in [4.69, 9.17) is 5.14 Å². The van der Waals surface area contributed by atoms with E-state index in [1.54, 1.807) is 11.9 Å². The minimum atomic E-state index is -4.17. The minimum Gasteiger partial charge on any atom is -0.477 e. The van der Waals surface area contributed by atoms with Crippen molar-refractivity contribution in [3.05, 3.63) is 23.5 Å². The van der Waals surface area contributed by atoms with Gasteiger partial charge in [-0.1, -0.05) is 0 Å². The van der Waals surface area contributed by atoms with E-state index in [9.17, 15) is 23.1 Å². The highest BCUT2D eigenvalue weighted by molar-refractivity contribution is 7.87. The third-order valence-corrected chi connectivity index (χ3v) is 6.03. The third kappa shape index (κ3) is 5.08. The largest absolute Gasteiger partial charge is 0.477 e. The third-order valence-electron chi connectivity index (χ3n) is 5.17.